The highest BCUT2D eigenvalue weighted by atomic mass is 79.9. The van der Waals surface area contributed by atoms with Gasteiger partial charge in [-0.05, 0) is 48.8 Å². The first kappa shape index (κ1) is 13.2. The van der Waals surface area contributed by atoms with Crippen LogP contribution in [0.2, 0.25) is 4.34 Å². The van der Waals surface area contributed by atoms with Crippen LogP contribution in [-0.2, 0) is 0 Å². The molecule has 0 aliphatic rings. The van der Waals surface area contributed by atoms with E-state index in [1.165, 1.54) is 4.88 Å². The first-order valence-electron chi connectivity index (χ1n) is 4.75. The highest BCUT2D eigenvalue weighted by Gasteiger charge is 2.06. The molecule has 0 spiro atoms. The van der Waals surface area contributed by atoms with Crippen molar-refractivity contribution >= 4 is 44.9 Å². The van der Waals surface area contributed by atoms with Crippen LogP contribution in [0.5, 0.6) is 0 Å². The maximum Gasteiger partial charge on any atom is 0.108 e. The van der Waals surface area contributed by atoms with E-state index >= 15 is 0 Å². The molecule has 0 radical (unpaired) electrons. The molecule has 0 bridgehead atoms. The minimum absolute atomic E-state index is 0.165. The Bertz CT molecular complexity index is 332. The Morgan fingerprint density at radius 2 is 2.20 bits per heavy atom. The molecule has 0 aliphatic heterocycles. The Morgan fingerprint density at radius 1 is 1.53 bits per heavy atom. The van der Waals surface area contributed by atoms with Crippen LogP contribution in [0.1, 0.15) is 25.6 Å². The second kappa shape index (κ2) is 5.48. The summed E-state index contributed by atoms with van der Waals surface area (Å²) in [6, 6.07) is 2.03. The second-order valence-corrected chi connectivity index (χ2v) is 6.84. The van der Waals surface area contributed by atoms with Crippen LogP contribution in [0, 0.1) is 0 Å². The second-order valence-electron chi connectivity index (χ2n) is 4.30. The summed E-state index contributed by atoms with van der Waals surface area (Å²) in [7, 11) is 0. The molecule has 1 N–H and O–H groups in total. The minimum atomic E-state index is 0.165. The van der Waals surface area contributed by atoms with Gasteiger partial charge in [0.05, 0.1) is 0 Å². The number of thiophene rings is 1. The molecule has 0 aromatic carbocycles. The summed E-state index contributed by atoms with van der Waals surface area (Å²) in [5.41, 5.74) is 0.165. The summed E-state index contributed by atoms with van der Waals surface area (Å²) in [6.07, 6.45) is 4.19. The quantitative estimate of drug-likeness (QED) is 0.863. The third-order valence-electron chi connectivity index (χ3n) is 1.70. The molecule has 84 valence electrons. The first-order chi connectivity index (χ1) is 6.88. The summed E-state index contributed by atoms with van der Waals surface area (Å²) >= 11 is 10.9. The van der Waals surface area contributed by atoms with Crippen LogP contribution in [0.3, 0.4) is 0 Å². The van der Waals surface area contributed by atoms with Crippen molar-refractivity contribution in [1.82, 2.24) is 5.32 Å². The Hall–Kier alpha value is 0.170. The first-order valence-corrected chi connectivity index (χ1v) is 6.73. The molecule has 0 fully saturated rings. The topological polar surface area (TPSA) is 12.0 Å². The van der Waals surface area contributed by atoms with Gasteiger partial charge in [-0.15, -0.1) is 11.3 Å². The van der Waals surface area contributed by atoms with E-state index in [9.17, 15) is 0 Å². The van der Waals surface area contributed by atoms with Gasteiger partial charge in [-0.3, -0.25) is 0 Å². The molecule has 1 heterocycles. The maximum absolute atomic E-state index is 5.94. The summed E-state index contributed by atoms with van der Waals surface area (Å²) in [6.45, 7) is 7.33. The van der Waals surface area contributed by atoms with E-state index in [0.29, 0.717) is 0 Å². The van der Waals surface area contributed by atoms with E-state index in [1.807, 2.05) is 6.07 Å². The van der Waals surface area contributed by atoms with Crippen molar-refractivity contribution in [2.75, 3.05) is 6.54 Å². The molecular formula is C11H15BrClNS. The van der Waals surface area contributed by atoms with Crippen molar-refractivity contribution in [1.29, 1.82) is 0 Å². The molecule has 1 rings (SSSR count). The number of nitrogens with one attached hydrogen (secondary N) is 1. The average molecular weight is 309 g/mol. The molecule has 1 aromatic rings. The number of hydrogen-bond acceptors (Lipinski definition) is 2. The van der Waals surface area contributed by atoms with Gasteiger partial charge < -0.3 is 5.32 Å². The Balaban J connectivity index is 2.45. The van der Waals surface area contributed by atoms with Crippen molar-refractivity contribution in [3.05, 3.63) is 25.8 Å². The zero-order chi connectivity index (χ0) is 11.5. The fraction of sp³-hybridized carbons (Fsp3) is 0.455. The predicted molar refractivity (Wildman–Crippen MR) is 73.8 cm³/mol. The lowest BCUT2D eigenvalue weighted by molar-refractivity contribution is 0.450. The van der Waals surface area contributed by atoms with Gasteiger partial charge in [0.25, 0.3) is 0 Å². The lowest BCUT2D eigenvalue weighted by Gasteiger charge is -2.18. The smallest absolute Gasteiger partial charge is 0.108 e. The van der Waals surface area contributed by atoms with Crippen molar-refractivity contribution in [2.24, 2.45) is 0 Å². The molecule has 0 unspecified atom stereocenters. The molecule has 0 aliphatic carbocycles. The Morgan fingerprint density at radius 3 is 2.67 bits per heavy atom. The van der Waals surface area contributed by atoms with E-state index in [2.05, 4.69) is 54.2 Å². The summed E-state index contributed by atoms with van der Waals surface area (Å²) in [4.78, 5) is 1.17. The van der Waals surface area contributed by atoms with Crippen molar-refractivity contribution in [2.45, 2.75) is 26.3 Å². The van der Waals surface area contributed by atoms with Gasteiger partial charge in [0.2, 0.25) is 0 Å². The third kappa shape index (κ3) is 5.16. The fourth-order valence-electron chi connectivity index (χ4n) is 0.986. The van der Waals surface area contributed by atoms with Gasteiger partial charge in [-0.1, -0.05) is 17.7 Å². The van der Waals surface area contributed by atoms with Crippen LogP contribution < -0.4 is 5.32 Å². The zero-order valence-electron chi connectivity index (χ0n) is 9.10. The minimum Gasteiger partial charge on any atom is -0.309 e. The molecular weight excluding hydrogens is 294 g/mol. The number of hydrogen-bond donors (Lipinski definition) is 1. The van der Waals surface area contributed by atoms with E-state index in [-0.39, 0.29) is 5.54 Å². The van der Waals surface area contributed by atoms with Gasteiger partial charge >= 0.3 is 0 Å². The van der Waals surface area contributed by atoms with Crippen molar-refractivity contribution in [3.63, 3.8) is 0 Å². The monoisotopic (exact) mass is 307 g/mol. The molecule has 0 saturated heterocycles. The number of halogens is 2. The normalized spacial score (nSPS) is 12.6. The molecule has 1 nitrogen and oxygen atoms in total. The molecule has 1 aromatic heterocycles. The van der Waals surface area contributed by atoms with E-state index in [1.54, 1.807) is 11.3 Å². The van der Waals surface area contributed by atoms with Crippen molar-refractivity contribution in [3.8, 4) is 0 Å². The largest absolute Gasteiger partial charge is 0.309 e. The van der Waals surface area contributed by atoms with E-state index < -0.39 is 0 Å². The standard InChI is InChI=1S/C11H15BrClNS/c1-11(2,3)14-6-4-5-8-7-9(12)10(13)15-8/h4-5,7,14H,6H2,1-3H3/b5-4+. The zero-order valence-corrected chi connectivity index (χ0v) is 12.3. The third-order valence-corrected chi connectivity index (χ3v) is 4.14. The number of rotatable bonds is 3. The van der Waals surface area contributed by atoms with Gasteiger partial charge in [-0.2, -0.15) is 0 Å². The van der Waals surface area contributed by atoms with Crippen LogP contribution in [0.15, 0.2) is 16.6 Å². The predicted octanol–water partition coefficient (Wildman–Crippen LogP) is 4.57. The highest BCUT2D eigenvalue weighted by Crippen LogP contribution is 2.32. The van der Waals surface area contributed by atoms with Gasteiger partial charge in [0.1, 0.15) is 4.34 Å². The SMILES string of the molecule is CC(C)(C)NC/C=C/c1cc(Br)c(Cl)s1. The van der Waals surface area contributed by atoms with Crippen LogP contribution in [-0.4, -0.2) is 12.1 Å². The lowest BCUT2D eigenvalue weighted by atomic mass is 10.1. The van der Waals surface area contributed by atoms with Gasteiger partial charge in [0, 0.05) is 21.4 Å². The molecule has 15 heavy (non-hydrogen) atoms. The molecule has 0 atom stereocenters. The van der Waals surface area contributed by atoms with Crippen LogP contribution >= 0.6 is 38.9 Å². The molecule has 0 saturated carbocycles. The fourth-order valence-corrected chi connectivity index (χ4v) is 2.65. The van der Waals surface area contributed by atoms with Gasteiger partial charge in [-0.25, -0.2) is 0 Å². The van der Waals surface area contributed by atoms with Gasteiger partial charge in [0.15, 0.2) is 0 Å². The van der Waals surface area contributed by atoms with Crippen molar-refractivity contribution < 1.29 is 0 Å². The highest BCUT2D eigenvalue weighted by molar-refractivity contribution is 9.10. The average Bonchev–Trinajstić information content (AvgIpc) is 2.39. The summed E-state index contributed by atoms with van der Waals surface area (Å²) < 4.78 is 1.77. The molecule has 4 heteroatoms. The van der Waals surface area contributed by atoms with E-state index in [0.717, 1.165) is 15.4 Å². The van der Waals surface area contributed by atoms with Crippen LogP contribution in [0.4, 0.5) is 0 Å². The Kier molecular flexibility index (Phi) is 4.84. The molecule has 0 amide bonds. The maximum atomic E-state index is 5.94. The van der Waals surface area contributed by atoms with E-state index in [4.69, 9.17) is 11.6 Å². The summed E-state index contributed by atoms with van der Waals surface area (Å²) in [5, 5.41) is 3.39. The Labute approximate surface area is 109 Å². The van der Waals surface area contributed by atoms with Crippen LogP contribution in [0.25, 0.3) is 6.08 Å². The summed E-state index contributed by atoms with van der Waals surface area (Å²) in [5.74, 6) is 0. The lowest BCUT2D eigenvalue weighted by Crippen LogP contribution is -2.35.